The molecule has 0 radical (unpaired) electrons. The molecule has 0 spiro atoms. The minimum atomic E-state index is -0.136. The lowest BCUT2D eigenvalue weighted by Gasteiger charge is -2.13. The molecular weight excluding hydrogens is 338 g/mol. The molecule has 27 heavy (non-hydrogen) atoms. The standard InChI is InChI=1S/C21H19N5O/c1-25(2)18-6-3-5-16(13-18)20(27)23-17-9-7-15(8-10-17)19-14-26-12-4-11-22-21(26)24-19/h3-14H,1-2H3,(H,23,27). The van der Waals surface area contributed by atoms with Gasteiger partial charge in [-0.2, -0.15) is 0 Å². The van der Waals surface area contributed by atoms with E-state index in [1.807, 2.05) is 84.3 Å². The number of hydrogen-bond donors (Lipinski definition) is 1. The van der Waals surface area contributed by atoms with Crippen LogP contribution in [-0.2, 0) is 0 Å². The molecule has 0 unspecified atom stereocenters. The lowest BCUT2D eigenvalue weighted by atomic mass is 10.1. The maximum absolute atomic E-state index is 12.5. The SMILES string of the molecule is CN(C)c1cccc(C(=O)Nc2ccc(-c3cn4cccnc4n3)cc2)c1. The van der Waals surface area contributed by atoms with E-state index in [1.54, 1.807) is 12.3 Å². The smallest absolute Gasteiger partial charge is 0.255 e. The van der Waals surface area contributed by atoms with E-state index in [-0.39, 0.29) is 5.91 Å². The molecule has 0 saturated heterocycles. The fourth-order valence-corrected chi connectivity index (χ4v) is 2.82. The van der Waals surface area contributed by atoms with Gasteiger partial charge in [0.2, 0.25) is 5.78 Å². The van der Waals surface area contributed by atoms with Crippen LogP contribution in [0.1, 0.15) is 10.4 Å². The third-order valence-corrected chi connectivity index (χ3v) is 4.30. The molecule has 0 aliphatic heterocycles. The normalized spacial score (nSPS) is 10.7. The summed E-state index contributed by atoms with van der Waals surface area (Å²) in [6, 6.07) is 17.0. The van der Waals surface area contributed by atoms with Crippen LogP contribution >= 0.6 is 0 Å². The number of hydrogen-bond acceptors (Lipinski definition) is 4. The zero-order chi connectivity index (χ0) is 18.8. The summed E-state index contributed by atoms with van der Waals surface area (Å²) in [5.41, 5.74) is 4.15. The van der Waals surface area contributed by atoms with Crippen molar-refractivity contribution in [2.45, 2.75) is 0 Å². The van der Waals surface area contributed by atoms with Gasteiger partial charge in [0.25, 0.3) is 5.91 Å². The first-order valence-corrected chi connectivity index (χ1v) is 8.59. The van der Waals surface area contributed by atoms with Gasteiger partial charge in [-0.05, 0) is 36.4 Å². The number of fused-ring (bicyclic) bond motifs is 1. The van der Waals surface area contributed by atoms with Crippen molar-refractivity contribution in [3.05, 3.63) is 78.8 Å². The highest BCUT2D eigenvalue weighted by Crippen LogP contribution is 2.21. The predicted octanol–water partition coefficient (Wildman–Crippen LogP) is 3.71. The van der Waals surface area contributed by atoms with Crippen LogP contribution in [0.2, 0.25) is 0 Å². The van der Waals surface area contributed by atoms with E-state index in [0.717, 1.165) is 22.6 Å². The van der Waals surface area contributed by atoms with Gasteiger partial charge in [-0.15, -0.1) is 0 Å². The van der Waals surface area contributed by atoms with Crippen LogP contribution in [0, 0.1) is 0 Å². The summed E-state index contributed by atoms with van der Waals surface area (Å²) >= 11 is 0. The van der Waals surface area contributed by atoms with E-state index >= 15 is 0 Å². The largest absolute Gasteiger partial charge is 0.378 e. The van der Waals surface area contributed by atoms with Gasteiger partial charge in [0.05, 0.1) is 5.69 Å². The van der Waals surface area contributed by atoms with Gasteiger partial charge in [0.1, 0.15) is 0 Å². The van der Waals surface area contributed by atoms with Gasteiger partial charge in [-0.1, -0.05) is 18.2 Å². The molecular formula is C21H19N5O. The number of nitrogens with one attached hydrogen (secondary N) is 1. The van der Waals surface area contributed by atoms with Crippen molar-refractivity contribution in [1.29, 1.82) is 0 Å². The number of rotatable bonds is 4. The molecule has 4 rings (SSSR count). The van der Waals surface area contributed by atoms with Gasteiger partial charge in [-0.3, -0.25) is 9.20 Å². The molecule has 1 N–H and O–H groups in total. The Hall–Kier alpha value is -3.67. The molecule has 2 aromatic carbocycles. The van der Waals surface area contributed by atoms with E-state index < -0.39 is 0 Å². The first-order valence-electron chi connectivity index (χ1n) is 8.59. The number of benzene rings is 2. The lowest BCUT2D eigenvalue weighted by molar-refractivity contribution is 0.102. The Balaban J connectivity index is 1.52. The average molecular weight is 357 g/mol. The molecule has 6 heteroatoms. The molecule has 0 aliphatic carbocycles. The molecule has 0 atom stereocenters. The van der Waals surface area contributed by atoms with E-state index in [9.17, 15) is 4.79 Å². The first kappa shape index (κ1) is 16.8. The first-order chi connectivity index (χ1) is 13.1. The Morgan fingerprint density at radius 1 is 1.07 bits per heavy atom. The second-order valence-corrected chi connectivity index (χ2v) is 6.43. The van der Waals surface area contributed by atoms with Gasteiger partial charge in [0, 0.05) is 55.2 Å². The highest BCUT2D eigenvalue weighted by molar-refractivity contribution is 6.04. The summed E-state index contributed by atoms with van der Waals surface area (Å²) in [5, 5.41) is 2.93. The minimum Gasteiger partial charge on any atom is -0.378 e. The van der Waals surface area contributed by atoms with Crippen LogP contribution in [-0.4, -0.2) is 34.4 Å². The summed E-state index contributed by atoms with van der Waals surface area (Å²) < 4.78 is 1.88. The predicted molar refractivity (Wildman–Crippen MR) is 107 cm³/mol. The third-order valence-electron chi connectivity index (χ3n) is 4.30. The Morgan fingerprint density at radius 3 is 2.63 bits per heavy atom. The number of amides is 1. The molecule has 2 aromatic heterocycles. The molecule has 0 aliphatic rings. The lowest BCUT2D eigenvalue weighted by Crippen LogP contribution is -2.14. The molecule has 1 amide bonds. The molecule has 0 saturated carbocycles. The van der Waals surface area contributed by atoms with Crippen LogP contribution in [0.15, 0.2) is 73.2 Å². The maximum atomic E-state index is 12.5. The highest BCUT2D eigenvalue weighted by Gasteiger charge is 2.09. The molecule has 6 nitrogen and oxygen atoms in total. The van der Waals surface area contributed by atoms with E-state index in [4.69, 9.17) is 0 Å². The van der Waals surface area contributed by atoms with E-state index in [0.29, 0.717) is 11.3 Å². The average Bonchev–Trinajstić information content (AvgIpc) is 3.13. The van der Waals surface area contributed by atoms with Crippen molar-refractivity contribution in [3.63, 3.8) is 0 Å². The minimum absolute atomic E-state index is 0.136. The zero-order valence-corrected chi connectivity index (χ0v) is 15.1. The Kier molecular flexibility index (Phi) is 4.30. The molecule has 2 heterocycles. The summed E-state index contributed by atoms with van der Waals surface area (Å²) in [5.74, 6) is 0.522. The Morgan fingerprint density at radius 2 is 1.89 bits per heavy atom. The summed E-state index contributed by atoms with van der Waals surface area (Å²) in [4.78, 5) is 23.2. The number of imidazole rings is 1. The van der Waals surface area contributed by atoms with E-state index in [2.05, 4.69) is 15.3 Å². The molecule has 0 fully saturated rings. The maximum Gasteiger partial charge on any atom is 0.255 e. The summed E-state index contributed by atoms with van der Waals surface area (Å²) in [7, 11) is 3.90. The second kappa shape index (κ2) is 6.92. The van der Waals surface area contributed by atoms with Gasteiger partial charge in [-0.25, -0.2) is 9.97 Å². The number of nitrogens with zero attached hydrogens (tertiary/aromatic N) is 4. The molecule has 0 bridgehead atoms. The summed E-state index contributed by atoms with van der Waals surface area (Å²) in [6.07, 6.45) is 5.56. The third kappa shape index (κ3) is 3.50. The van der Waals surface area contributed by atoms with Gasteiger partial charge >= 0.3 is 0 Å². The van der Waals surface area contributed by atoms with Crippen LogP contribution in [0.3, 0.4) is 0 Å². The fourth-order valence-electron chi connectivity index (χ4n) is 2.82. The van der Waals surface area contributed by atoms with Gasteiger partial charge in [0.15, 0.2) is 0 Å². The van der Waals surface area contributed by atoms with Crippen molar-refractivity contribution in [1.82, 2.24) is 14.4 Å². The topological polar surface area (TPSA) is 62.5 Å². The number of carbonyl (C=O) groups excluding carboxylic acids is 1. The van der Waals surface area contributed by atoms with Crippen LogP contribution in [0.25, 0.3) is 17.0 Å². The van der Waals surface area contributed by atoms with Crippen LogP contribution < -0.4 is 10.2 Å². The van der Waals surface area contributed by atoms with Crippen molar-refractivity contribution in [3.8, 4) is 11.3 Å². The fraction of sp³-hybridized carbons (Fsp3) is 0.0952. The second-order valence-electron chi connectivity index (χ2n) is 6.43. The van der Waals surface area contributed by atoms with Crippen molar-refractivity contribution >= 4 is 23.1 Å². The Bertz CT molecular complexity index is 1070. The van der Waals surface area contributed by atoms with E-state index in [1.165, 1.54) is 0 Å². The van der Waals surface area contributed by atoms with Crippen LogP contribution in [0.4, 0.5) is 11.4 Å². The quantitative estimate of drug-likeness (QED) is 0.605. The Labute approximate surface area is 157 Å². The number of anilines is 2. The highest BCUT2D eigenvalue weighted by atomic mass is 16.1. The molecule has 134 valence electrons. The van der Waals surface area contributed by atoms with Crippen molar-refractivity contribution in [2.24, 2.45) is 0 Å². The monoisotopic (exact) mass is 357 g/mol. The number of aromatic nitrogens is 3. The van der Waals surface area contributed by atoms with Crippen LogP contribution in [0.5, 0.6) is 0 Å². The van der Waals surface area contributed by atoms with Gasteiger partial charge < -0.3 is 10.2 Å². The number of carbonyl (C=O) groups is 1. The van der Waals surface area contributed by atoms with Crippen molar-refractivity contribution in [2.75, 3.05) is 24.3 Å². The van der Waals surface area contributed by atoms with Crippen molar-refractivity contribution < 1.29 is 4.79 Å². The summed E-state index contributed by atoms with van der Waals surface area (Å²) in [6.45, 7) is 0. The molecule has 4 aromatic rings. The zero-order valence-electron chi connectivity index (χ0n) is 15.1.